The number of esters is 1. The molecular formula is C15H21NO3. The van der Waals surface area contributed by atoms with Gasteiger partial charge >= 0.3 is 5.97 Å². The van der Waals surface area contributed by atoms with Crippen molar-refractivity contribution in [2.75, 3.05) is 11.9 Å². The molecule has 0 spiro atoms. The van der Waals surface area contributed by atoms with E-state index in [1.165, 1.54) is 6.20 Å². The average molecular weight is 263 g/mol. The van der Waals surface area contributed by atoms with Crippen molar-refractivity contribution in [3.05, 3.63) is 42.3 Å². The van der Waals surface area contributed by atoms with Crippen LogP contribution in [0.3, 0.4) is 0 Å². The Bertz CT molecular complexity index is 432. The Morgan fingerprint density at radius 1 is 1.26 bits per heavy atom. The first kappa shape index (κ1) is 15.1. The Morgan fingerprint density at radius 2 is 1.89 bits per heavy atom. The van der Waals surface area contributed by atoms with Crippen molar-refractivity contribution in [3.63, 3.8) is 0 Å². The maximum atomic E-state index is 11.8. The van der Waals surface area contributed by atoms with Crippen molar-refractivity contribution >= 4 is 11.7 Å². The third-order valence-corrected chi connectivity index (χ3v) is 2.04. The van der Waals surface area contributed by atoms with Crippen molar-refractivity contribution in [1.82, 2.24) is 0 Å². The highest BCUT2D eigenvalue weighted by molar-refractivity contribution is 5.86. The number of para-hydroxylation sites is 1. The van der Waals surface area contributed by atoms with Crippen molar-refractivity contribution in [2.24, 2.45) is 0 Å². The molecule has 0 bridgehead atoms. The highest BCUT2D eigenvalue weighted by atomic mass is 16.6. The summed E-state index contributed by atoms with van der Waals surface area (Å²) >= 11 is 0. The Kier molecular flexibility index (Phi) is 5.42. The number of nitrogens with one attached hydrogen (secondary N) is 1. The second kappa shape index (κ2) is 6.83. The number of carbonyl (C=O) groups excluding carboxylic acids is 1. The number of anilines is 1. The van der Waals surface area contributed by atoms with Gasteiger partial charge in [0.1, 0.15) is 5.60 Å². The SMILES string of the molecule is CCOC(=O)/C(=C/Nc1ccccc1)OC(C)(C)C. The smallest absolute Gasteiger partial charge is 0.375 e. The summed E-state index contributed by atoms with van der Waals surface area (Å²) in [5.41, 5.74) is 0.415. The van der Waals surface area contributed by atoms with E-state index in [-0.39, 0.29) is 5.76 Å². The molecule has 4 heteroatoms. The second-order valence-corrected chi connectivity index (χ2v) is 4.95. The Balaban J connectivity index is 2.80. The van der Waals surface area contributed by atoms with Crippen molar-refractivity contribution in [2.45, 2.75) is 33.3 Å². The normalized spacial score (nSPS) is 11.9. The zero-order valence-electron chi connectivity index (χ0n) is 11.9. The number of hydrogen-bond acceptors (Lipinski definition) is 4. The molecule has 0 saturated carbocycles. The lowest BCUT2D eigenvalue weighted by Crippen LogP contribution is -2.24. The molecule has 0 aliphatic heterocycles. The van der Waals surface area contributed by atoms with Gasteiger partial charge in [-0.05, 0) is 39.8 Å². The molecular weight excluding hydrogens is 242 g/mol. The lowest BCUT2D eigenvalue weighted by atomic mass is 10.2. The molecule has 0 fully saturated rings. The maximum Gasteiger partial charge on any atom is 0.375 e. The molecule has 4 nitrogen and oxygen atoms in total. The maximum absolute atomic E-state index is 11.8. The molecule has 0 aromatic heterocycles. The molecule has 0 radical (unpaired) electrons. The van der Waals surface area contributed by atoms with Gasteiger partial charge in [-0.25, -0.2) is 4.79 Å². The van der Waals surface area contributed by atoms with Crippen molar-refractivity contribution in [1.29, 1.82) is 0 Å². The Morgan fingerprint density at radius 3 is 2.42 bits per heavy atom. The van der Waals surface area contributed by atoms with Crippen molar-refractivity contribution < 1.29 is 14.3 Å². The number of rotatable bonds is 5. The third kappa shape index (κ3) is 5.95. The van der Waals surface area contributed by atoms with Gasteiger partial charge in [0.25, 0.3) is 0 Å². The number of ether oxygens (including phenoxy) is 2. The highest BCUT2D eigenvalue weighted by Crippen LogP contribution is 2.15. The fourth-order valence-corrected chi connectivity index (χ4v) is 1.35. The van der Waals surface area contributed by atoms with Crippen molar-refractivity contribution in [3.8, 4) is 0 Å². The van der Waals surface area contributed by atoms with E-state index < -0.39 is 11.6 Å². The van der Waals surface area contributed by atoms with Crippen LogP contribution < -0.4 is 5.32 Å². The van der Waals surface area contributed by atoms with Crippen LogP contribution in [-0.2, 0) is 14.3 Å². The van der Waals surface area contributed by atoms with Gasteiger partial charge in [0.15, 0.2) is 0 Å². The van der Waals surface area contributed by atoms with Crippen LogP contribution in [-0.4, -0.2) is 18.2 Å². The standard InChI is InChI=1S/C15H21NO3/c1-5-18-14(17)13(19-15(2,3)4)11-16-12-9-7-6-8-10-12/h6-11,16H,5H2,1-4H3/b13-11-. The molecule has 0 amide bonds. The molecule has 1 rings (SSSR count). The first-order valence-electron chi connectivity index (χ1n) is 6.30. The van der Waals surface area contributed by atoms with E-state index in [2.05, 4.69) is 5.32 Å². The van der Waals surface area contributed by atoms with Crippen LogP contribution in [0.25, 0.3) is 0 Å². The summed E-state index contributed by atoms with van der Waals surface area (Å²) in [5.74, 6) is -0.306. The molecule has 0 aliphatic rings. The summed E-state index contributed by atoms with van der Waals surface area (Å²) < 4.78 is 10.6. The van der Waals surface area contributed by atoms with E-state index in [1.54, 1.807) is 6.92 Å². The number of benzene rings is 1. The molecule has 0 aliphatic carbocycles. The molecule has 0 saturated heterocycles. The summed E-state index contributed by atoms with van der Waals surface area (Å²) in [6.45, 7) is 7.71. The van der Waals surface area contributed by atoms with E-state index in [9.17, 15) is 4.79 Å². The monoisotopic (exact) mass is 263 g/mol. The number of carbonyl (C=O) groups is 1. The van der Waals surface area contributed by atoms with Crippen LogP contribution in [0.4, 0.5) is 5.69 Å². The fraction of sp³-hybridized carbons (Fsp3) is 0.400. The van der Waals surface area contributed by atoms with E-state index in [1.807, 2.05) is 51.1 Å². The van der Waals surface area contributed by atoms with E-state index >= 15 is 0 Å². The second-order valence-electron chi connectivity index (χ2n) is 4.95. The van der Waals surface area contributed by atoms with Gasteiger partial charge in [0.2, 0.25) is 5.76 Å². The zero-order valence-corrected chi connectivity index (χ0v) is 11.9. The van der Waals surface area contributed by atoms with Gasteiger partial charge in [-0.2, -0.15) is 0 Å². The topological polar surface area (TPSA) is 47.6 Å². The molecule has 0 atom stereocenters. The van der Waals surface area contributed by atoms with Crippen LogP contribution in [0, 0.1) is 0 Å². The van der Waals surface area contributed by atoms with Gasteiger partial charge in [0.05, 0.1) is 12.8 Å². The summed E-state index contributed by atoms with van der Waals surface area (Å²) in [4.78, 5) is 11.8. The summed E-state index contributed by atoms with van der Waals surface area (Å²) in [6.07, 6.45) is 1.53. The quantitative estimate of drug-likeness (QED) is 0.503. The predicted molar refractivity (Wildman–Crippen MR) is 75.6 cm³/mol. The largest absolute Gasteiger partial charge is 0.480 e. The minimum Gasteiger partial charge on any atom is -0.480 e. The van der Waals surface area contributed by atoms with Crippen LogP contribution in [0.15, 0.2) is 42.3 Å². The molecule has 0 unspecified atom stereocenters. The summed E-state index contributed by atoms with van der Waals surface area (Å²) in [5, 5.41) is 3.02. The van der Waals surface area contributed by atoms with Crippen LogP contribution in [0.1, 0.15) is 27.7 Å². The third-order valence-electron chi connectivity index (χ3n) is 2.04. The fourth-order valence-electron chi connectivity index (χ4n) is 1.35. The molecule has 19 heavy (non-hydrogen) atoms. The Labute approximate surface area is 114 Å². The number of hydrogen-bond donors (Lipinski definition) is 1. The predicted octanol–water partition coefficient (Wildman–Crippen LogP) is 3.32. The minimum atomic E-state index is -0.471. The first-order valence-corrected chi connectivity index (χ1v) is 6.30. The summed E-state index contributed by atoms with van der Waals surface area (Å²) in [6, 6.07) is 9.54. The van der Waals surface area contributed by atoms with Gasteiger partial charge in [-0.15, -0.1) is 0 Å². The van der Waals surface area contributed by atoms with Crippen LogP contribution >= 0.6 is 0 Å². The van der Waals surface area contributed by atoms with E-state index in [0.29, 0.717) is 6.61 Å². The minimum absolute atomic E-state index is 0.165. The molecule has 1 aromatic rings. The van der Waals surface area contributed by atoms with Gasteiger partial charge in [-0.3, -0.25) is 0 Å². The first-order chi connectivity index (χ1) is 8.92. The highest BCUT2D eigenvalue weighted by Gasteiger charge is 2.20. The van der Waals surface area contributed by atoms with Gasteiger partial charge in [0, 0.05) is 5.69 Å². The van der Waals surface area contributed by atoms with Crippen LogP contribution in [0.5, 0.6) is 0 Å². The average Bonchev–Trinajstić information content (AvgIpc) is 2.34. The Hall–Kier alpha value is -1.97. The lowest BCUT2D eigenvalue weighted by Gasteiger charge is -2.22. The molecule has 104 valence electrons. The molecule has 1 aromatic carbocycles. The molecule has 0 heterocycles. The van der Waals surface area contributed by atoms with E-state index in [0.717, 1.165) is 5.69 Å². The molecule has 1 N–H and O–H groups in total. The van der Waals surface area contributed by atoms with E-state index in [4.69, 9.17) is 9.47 Å². The van der Waals surface area contributed by atoms with Crippen LogP contribution in [0.2, 0.25) is 0 Å². The van der Waals surface area contributed by atoms with Gasteiger partial charge in [-0.1, -0.05) is 18.2 Å². The zero-order chi connectivity index (χ0) is 14.3. The lowest BCUT2D eigenvalue weighted by molar-refractivity contribution is -0.145. The van der Waals surface area contributed by atoms with Gasteiger partial charge < -0.3 is 14.8 Å². The summed E-state index contributed by atoms with van der Waals surface area (Å²) in [7, 11) is 0.